The number of carbonyl (C=O) groups excluding carboxylic acids is 1. The van der Waals surface area contributed by atoms with E-state index in [1.165, 1.54) is 18.4 Å². The van der Waals surface area contributed by atoms with Gasteiger partial charge >= 0.3 is 0 Å². The molecule has 0 aliphatic rings. The summed E-state index contributed by atoms with van der Waals surface area (Å²) in [5, 5.41) is 8.78. The number of anilines is 1. The van der Waals surface area contributed by atoms with E-state index in [1.807, 2.05) is 35.7 Å². The van der Waals surface area contributed by atoms with Crippen molar-refractivity contribution in [3.8, 4) is 33.7 Å². The third kappa shape index (κ3) is 3.83. The lowest BCUT2D eigenvalue weighted by Gasteiger charge is -2.10. The molecule has 0 bridgehead atoms. The molecule has 0 unspecified atom stereocenters. The predicted molar refractivity (Wildman–Crippen MR) is 111 cm³/mol. The number of nitrogens with zero attached hydrogens (tertiary/aromatic N) is 2. The van der Waals surface area contributed by atoms with Gasteiger partial charge in [-0.05, 0) is 23.6 Å². The predicted octanol–water partition coefficient (Wildman–Crippen LogP) is 4.73. The molecule has 29 heavy (non-hydrogen) atoms. The van der Waals surface area contributed by atoms with Gasteiger partial charge in [-0.3, -0.25) is 4.79 Å². The van der Waals surface area contributed by atoms with Crippen LogP contribution in [0, 0.1) is 0 Å². The van der Waals surface area contributed by atoms with Crippen LogP contribution in [-0.2, 0) is 0 Å². The Labute approximate surface area is 170 Å². The molecule has 2 aromatic heterocycles. The highest BCUT2D eigenvalue weighted by molar-refractivity contribution is 7.14. The van der Waals surface area contributed by atoms with Gasteiger partial charge < -0.3 is 19.3 Å². The molecule has 1 amide bonds. The van der Waals surface area contributed by atoms with E-state index in [-0.39, 0.29) is 5.91 Å². The lowest BCUT2D eigenvalue weighted by molar-refractivity contribution is 0.102. The molecule has 0 saturated heterocycles. The van der Waals surface area contributed by atoms with Crippen LogP contribution in [0.3, 0.4) is 0 Å². The fraction of sp³-hybridized carbons (Fsp3) is 0.0952. The van der Waals surface area contributed by atoms with E-state index in [2.05, 4.69) is 15.5 Å². The van der Waals surface area contributed by atoms with Crippen LogP contribution in [0.4, 0.5) is 5.69 Å². The second kappa shape index (κ2) is 8.15. The summed E-state index contributed by atoms with van der Waals surface area (Å²) in [5.74, 6) is 1.54. The van der Waals surface area contributed by atoms with E-state index in [0.717, 1.165) is 5.56 Å². The SMILES string of the molecule is COc1ccc(C(=O)Nc2ccsc2-c2nc(-c3ccccc3)no2)c(OC)c1. The van der Waals surface area contributed by atoms with Crippen LogP contribution in [0.5, 0.6) is 11.5 Å². The molecule has 0 aliphatic carbocycles. The van der Waals surface area contributed by atoms with E-state index in [9.17, 15) is 4.79 Å². The Morgan fingerprint density at radius 2 is 1.90 bits per heavy atom. The molecule has 0 radical (unpaired) electrons. The largest absolute Gasteiger partial charge is 0.497 e. The third-order valence-electron chi connectivity index (χ3n) is 4.22. The number of carbonyl (C=O) groups is 1. The molecule has 0 spiro atoms. The van der Waals surface area contributed by atoms with Gasteiger partial charge in [0.1, 0.15) is 16.4 Å². The van der Waals surface area contributed by atoms with E-state index in [0.29, 0.717) is 39.3 Å². The summed E-state index contributed by atoms with van der Waals surface area (Å²) in [7, 11) is 3.06. The fourth-order valence-electron chi connectivity index (χ4n) is 2.77. The minimum atomic E-state index is -0.313. The standard InChI is InChI=1S/C21H17N3O4S/c1-26-14-8-9-15(17(12-14)27-2)20(25)22-16-10-11-29-18(16)21-23-19(24-28-21)13-6-4-3-5-7-13/h3-12H,1-2H3,(H,22,25). The van der Waals surface area contributed by atoms with Crippen molar-refractivity contribution in [2.75, 3.05) is 19.5 Å². The molecule has 146 valence electrons. The van der Waals surface area contributed by atoms with Crippen molar-refractivity contribution in [3.63, 3.8) is 0 Å². The second-order valence-corrected chi connectivity index (χ2v) is 6.89. The van der Waals surface area contributed by atoms with Crippen LogP contribution in [0.1, 0.15) is 10.4 Å². The zero-order valence-corrected chi connectivity index (χ0v) is 16.5. The number of benzene rings is 2. The van der Waals surface area contributed by atoms with Gasteiger partial charge in [0.25, 0.3) is 11.8 Å². The third-order valence-corrected chi connectivity index (χ3v) is 5.12. The Kier molecular flexibility index (Phi) is 5.26. The van der Waals surface area contributed by atoms with Crippen molar-refractivity contribution in [2.24, 2.45) is 0 Å². The van der Waals surface area contributed by atoms with Crippen LogP contribution in [0.2, 0.25) is 0 Å². The molecular formula is C21H17N3O4S. The normalized spacial score (nSPS) is 10.6. The zero-order valence-electron chi connectivity index (χ0n) is 15.7. The molecule has 8 heteroatoms. The first kappa shape index (κ1) is 18.7. The van der Waals surface area contributed by atoms with Crippen molar-refractivity contribution in [1.82, 2.24) is 10.1 Å². The van der Waals surface area contributed by atoms with E-state index in [1.54, 1.807) is 31.4 Å². The Morgan fingerprint density at radius 3 is 2.66 bits per heavy atom. The average molecular weight is 407 g/mol. The maximum Gasteiger partial charge on any atom is 0.270 e. The highest BCUT2D eigenvalue weighted by Crippen LogP contribution is 2.34. The van der Waals surface area contributed by atoms with Crippen molar-refractivity contribution < 1.29 is 18.8 Å². The van der Waals surface area contributed by atoms with Gasteiger partial charge in [-0.15, -0.1) is 11.3 Å². The number of methoxy groups -OCH3 is 2. The van der Waals surface area contributed by atoms with Crippen LogP contribution in [0.25, 0.3) is 22.2 Å². The first-order valence-corrected chi connectivity index (χ1v) is 9.58. The second-order valence-electron chi connectivity index (χ2n) is 5.97. The first-order valence-electron chi connectivity index (χ1n) is 8.70. The molecule has 1 N–H and O–H groups in total. The number of hydrogen-bond acceptors (Lipinski definition) is 7. The summed E-state index contributed by atoms with van der Waals surface area (Å²) < 4.78 is 15.9. The lowest BCUT2D eigenvalue weighted by atomic mass is 10.1. The van der Waals surface area contributed by atoms with E-state index >= 15 is 0 Å². The molecule has 0 saturated carbocycles. The van der Waals surface area contributed by atoms with Gasteiger partial charge in [-0.2, -0.15) is 4.98 Å². The van der Waals surface area contributed by atoms with Crippen LogP contribution >= 0.6 is 11.3 Å². The van der Waals surface area contributed by atoms with Gasteiger partial charge in [0, 0.05) is 11.6 Å². The molecule has 7 nitrogen and oxygen atoms in total. The van der Waals surface area contributed by atoms with Crippen LogP contribution in [0.15, 0.2) is 64.5 Å². The first-order chi connectivity index (χ1) is 14.2. The van der Waals surface area contributed by atoms with Gasteiger partial charge in [-0.25, -0.2) is 0 Å². The number of rotatable bonds is 6. The van der Waals surface area contributed by atoms with Gasteiger partial charge in [0.15, 0.2) is 0 Å². The number of hydrogen-bond donors (Lipinski definition) is 1. The maximum absolute atomic E-state index is 12.8. The number of thiophene rings is 1. The summed E-state index contributed by atoms with van der Waals surface area (Å²) in [5.41, 5.74) is 1.83. The Hall–Kier alpha value is -3.65. The molecule has 2 heterocycles. The lowest BCUT2D eigenvalue weighted by Crippen LogP contribution is -2.13. The van der Waals surface area contributed by atoms with Crippen molar-refractivity contribution in [1.29, 1.82) is 0 Å². The van der Waals surface area contributed by atoms with Crippen molar-refractivity contribution >= 4 is 22.9 Å². The minimum Gasteiger partial charge on any atom is -0.497 e. The molecule has 4 aromatic rings. The minimum absolute atomic E-state index is 0.313. The average Bonchev–Trinajstić information content (AvgIpc) is 3.43. The van der Waals surface area contributed by atoms with Gasteiger partial charge in [0.2, 0.25) is 5.82 Å². The van der Waals surface area contributed by atoms with Gasteiger partial charge in [0.05, 0.1) is 25.5 Å². The van der Waals surface area contributed by atoms with E-state index in [4.69, 9.17) is 14.0 Å². The molecular weight excluding hydrogens is 390 g/mol. The molecule has 0 aliphatic heterocycles. The van der Waals surface area contributed by atoms with Crippen molar-refractivity contribution in [2.45, 2.75) is 0 Å². The summed E-state index contributed by atoms with van der Waals surface area (Å²) in [6.07, 6.45) is 0. The fourth-order valence-corrected chi connectivity index (χ4v) is 3.54. The number of ether oxygens (including phenoxy) is 2. The Bertz CT molecular complexity index is 1140. The summed E-state index contributed by atoms with van der Waals surface area (Å²) in [4.78, 5) is 17.9. The monoisotopic (exact) mass is 407 g/mol. The van der Waals surface area contributed by atoms with Crippen molar-refractivity contribution in [3.05, 3.63) is 65.5 Å². The summed E-state index contributed by atoms with van der Waals surface area (Å²) in [6.45, 7) is 0. The summed E-state index contributed by atoms with van der Waals surface area (Å²) in [6, 6.07) is 16.4. The van der Waals surface area contributed by atoms with E-state index < -0.39 is 0 Å². The van der Waals surface area contributed by atoms with Crippen LogP contribution < -0.4 is 14.8 Å². The molecule has 2 aromatic carbocycles. The Balaban J connectivity index is 1.59. The number of aromatic nitrogens is 2. The number of nitrogens with one attached hydrogen (secondary N) is 1. The number of amides is 1. The quantitative estimate of drug-likeness (QED) is 0.497. The highest BCUT2D eigenvalue weighted by atomic mass is 32.1. The highest BCUT2D eigenvalue weighted by Gasteiger charge is 2.19. The smallest absolute Gasteiger partial charge is 0.270 e. The van der Waals surface area contributed by atoms with Crippen LogP contribution in [-0.4, -0.2) is 30.3 Å². The molecule has 0 fully saturated rings. The zero-order chi connectivity index (χ0) is 20.2. The summed E-state index contributed by atoms with van der Waals surface area (Å²) >= 11 is 1.40. The van der Waals surface area contributed by atoms with Gasteiger partial charge in [-0.1, -0.05) is 35.5 Å². The topological polar surface area (TPSA) is 86.5 Å². The molecule has 4 rings (SSSR count). The molecule has 0 atom stereocenters. The maximum atomic E-state index is 12.8. The Morgan fingerprint density at radius 1 is 1.07 bits per heavy atom.